The van der Waals surface area contributed by atoms with Crippen molar-refractivity contribution in [1.29, 1.82) is 0 Å². The molecule has 0 spiro atoms. The summed E-state index contributed by atoms with van der Waals surface area (Å²) in [6.45, 7) is 1.53. The van der Waals surface area contributed by atoms with Crippen molar-refractivity contribution in [2.24, 2.45) is 0 Å². The fourth-order valence-electron chi connectivity index (χ4n) is 3.05. The largest absolute Gasteiger partial charge is 0.368 e. The first kappa shape index (κ1) is 15.0. The second kappa shape index (κ2) is 6.06. The molecule has 118 valence electrons. The highest BCUT2D eigenvalue weighted by Crippen LogP contribution is 2.28. The van der Waals surface area contributed by atoms with Gasteiger partial charge < -0.3 is 20.7 Å². The van der Waals surface area contributed by atoms with Gasteiger partial charge in [-0.05, 0) is 50.0 Å². The molecule has 0 radical (unpaired) electrons. The van der Waals surface area contributed by atoms with E-state index in [2.05, 4.69) is 16.0 Å². The van der Waals surface area contributed by atoms with E-state index in [1.54, 1.807) is 7.11 Å². The van der Waals surface area contributed by atoms with Crippen LogP contribution >= 0.6 is 0 Å². The second-order valence-electron chi connectivity index (χ2n) is 5.82. The van der Waals surface area contributed by atoms with E-state index in [1.165, 1.54) is 0 Å². The van der Waals surface area contributed by atoms with Gasteiger partial charge in [0.2, 0.25) is 5.91 Å². The Hall–Kier alpha value is -1.92. The van der Waals surface area contributed by atoms with Gasteiger partial charge in [0.05, 0.1) is 0 Å². The van der Waals surface area contributed by atoms with Crippen LogP contribution in [0.4, 0.5) is 11.4 Å². The lowest BCUT2D eigenvalue weighted by Crippen LogP contribution is -2.51. The summed E-state index contributed by atoms with van der Waals surface area (Å²) in [7, 11) is 1.58. The van der Waals surface area contributed by atoms with Crippen LogP contribution in [0.5, 0.6) is 0 Å². The number of hydrogen-bond donors (Lipinski definition) is 3. The number of anilines is 2. The lowest BCUT2D eigenvalue weighted by molar-refractivity contribution is -0.140. The summed E-state index contributed by atoms with van der Waals surface area (Å²) in [5.41, 5.74) is 1.79. The van der Waals surface area contributed by atoms with Gasteiger partial charge >= 0.3 is 0 Å². The van der Waals surface area contributed by atoms with Crippen molar-refractivity contribution in [1.82, 2.24) is 5.32 Å². The lowest BCUT2D eigenvalue weighted by Gasteiger charge is -2.34. The van der Waals surface area contributed by atoms with Gasteiger partial charge in [0.25, 0.3) is 5.91 Å². The first-order chi connectivity index (χ1) is 10.6. The molecule has 2 heterocycles. The molecule has 1 aromatic carbocycles. The molecule has 22 heavy (non-hydrogen) atoms. The van der Waals surface area contributed by atoms with Crippen LogP contribution in [-0.4, -0.2) is 37.6 Å². The van der Waals surface area contributed by atoms with Crippen LogP contribution in [-0.2, 0) is 20.7 Å². The van der Waals surface area contributed by atoms with Crippen LogP contribution in [0.25, 0.3) is 0 Å². The van der Waals surface area contributed by atoms with Crippen molar-refractivity contribution in [3.63, 3.8) is 0 Å². The van der Waals surface area contributed by atoms with Crippen LogP contribution in [0.1, 0.15) is 24.8 Å². The summed E-state index contributed by atoms with van der Waals surface area (Å²) in [5.74, 6) is -0.110. The Bertz CT molecular complexity index is 594. The minimum atomic E-state index is -0.773. The van der Waals surface area contributed by atoms with Crippen molar-refractivity contribution < 1.29 is 14.3 Å². The lowest BCUT2D eigenvalue weighted by atomic mass is 9.91. The molecular formula is C16H21N3O3. The number of rotatable bonds is 3. The highest BCUT2D eigenvalue weighted by atomic mass is 16.5. The highest BCUT2D eigenvalue weighted by molar-refractivity contribution is 5.99. The molecule has 0 aromatic heterocycles. The number of benzene rings is 1. The fourth-order valence-corrected chi connectivity index (χ4v) is 3.05. The van der Waals surface area contributed by atoms with Crippen molar-refractivity contribution in [2.45, 2.75) is 31.3 Å². The monoisotopic (exact) mass is 303 g/mol. The standard InChI is InChI=1S/C16H21N3O3/c1-22-16(6-8-17-9-7-16)15(21)18-12-4-2-11-3-5-14(20)19-13(11)10-12/h2,4,10,17H,3,5-9H2,1H3,(H,18,21)(H,19,20). The first-order valence-electron chi connectivity index (χ1n) is 7.63. The summed E-state index contributed by atoms with van der Waals surface area (Å²) in [4.78, 5) is 24.1. The van der Waals surface area contributed by atoms with Gasteiger partial charge in [-0.2, -0.15) is 0 Å². The van der Waals surface area contributed by atoms with Crippen LogP contribution in [0.2, 0.25) is 0 Å². The molecule has 2 aliphatic rings. The van der Waals surface area contributed by atoms with Crippen molar-refractivity contribution in [2.75, 3.05) is 30.8 Å². The van der Waals surface area contributed by atoms with Gasteiger partial charge in [0, 0.05) is 24.9 Å². The average Bonchev–Trinajstić information content (AvgIpc) is 2.55. The Morgan fingerprint density at radius 1 is 1.27 bits per heavy atom. The maximum Gasteiger partial charge on any atom is 0.256 e. The summed E-state index contributed by atoms with van der Waals surface area (Å²) < 4.78 is 5.52. The molecule has 2 amide bonds. The zero-order valence-electron chi connectivity index (χ0n) is 12.7. The molecule has 2 aliphatic heterocycles. The van der Waals surface area contributed by atoms with Crippen LogP contribution in [0.3, 0.4) is 0 Å². The summed E-state index contributed by atoms with van der Waals surface area (Å²) >= 11 is 0. The Balaban J connectivity index is 1.76. The molecule has 0 saturated carbocycles. The van der Waals surface area contributed by atoms with E-state index < -0.39 is 5.60 Å². The number of fused-ring (bicyclic) bond motifs is 1. The third kappa shape index (κ3) is 2.84. The van der Waals surface area contributed by atoms with E-state index in [0.717, 1.165) is 30.8 Å². The van der Waals surface area contributed by atoms with E-state index in [9.17, 15) is 9.59 Å². The SMILES string of the molecule is COC1(C(=O)Nc2ccc3c(c2)NC(=O)CC3)CCNCC1. The van der Waals surface area contributed by atoms with Gasteiger partial charge in [0.1, 0.15) is 5.60 Å². The molecule has 1 fully saturated rings. The predicted molar refractivity (Wildman–Crippen MR) is 83.9 cm³/mol. The molecule has 0 atom stereocenters. The highest BCUT2D eigenvalue weighted by Gasteiger charge is 2.39. The van der Waals surface area contributed by atoms with Crippen LogP contribution in [0, 0.1) is 0 Å². The fraction of sp³-hybridized carbons (Fsp3) is 0.500. The number of carbonyl (C=O) groups is 2. The Kier molecular flexibility index (Phi) is 4.13. The molecular weight excluding hydrogens is 282 g/mol. The second-order valence-corrected chi connectivity index (χ2v) is 5.82. The Morgan fingerprint density at radius 3 is 2.77 bits per heavy atom. The summed E-state index contributed by atoms with van der Waals surface area (Å²) in [6.07, 6.45) is 2.55. The summed E-state index contributed by atoms with van der Waals surface area (Å²) in [6, 6.07) is 5.64. The van der Waals surface area contributed by atoms with Crippen molar-refractivity contribution >= 4 is 23.2 Å². The number of methoxy groups -OCH3 is 1. The minimum Gasteiger partial charge on any atom is -0.368 e. The first-order valence-corrected chi connectivity index (χ1v) is 7.63. The maximum atomic E-state index is 12.6. The van der Waals surface area contributed by atoms with Gasteiger partial charge in [-0.15, -0.1) is 0 Å². The van der Waals surface area contributed by atoms with Crippen LogP contribution in [0.15, 0.2) is 18.2 Å². The molecule has 3 N–H and O–H groups in total. The normalized spacial score (nSPS) is 20.0. The van der Waals surface area contributed by atoms with Gasteiger partial charge in [-0.1, -0.05) is 6.07 Å². The molecule has 0 bridgehead atoms. The van der Waals surface area contributed by atoms with E-state index in [0.29, 0.717) is 24.9 Å². The Morgan fingerprint density at radius 2 is 2.05 bits per heavy atom. The zero-order chi connectivity index (χ0) is 15.6. The molecule has 6 nitrogen and oxygen atoms in total. The summed E-state index contributed by atoms with van der Waals surface area (Å²) in [5, 5.41) is 9.00. The van der Waals surface area contributed by atoms with E-state index in [-0.39, 0.29) is 11.8 Å². The van der Waals surface area contributed by atoms with Crippen molar-refractivity contribution in [3.8, 4) is 0 Å². The smallest absolute Gasteiger partial charge is 0.256 e. The number of hydrogen-bond acceptors (Lipinski definition) is 4. The average molecular weight is 303 g/mol. The van der Waals surface area contributed by atoms with Gasteiger partial charge in [-0.25, -0.2) is 0 Å². The molecule has 0 unspecified atom stereocenters. The Labute approximate surface area is 129 Å². The number of aryl methyl sites for hydroxylation is 1. The molecule has 1 saturated heterocycles. The third-order valence-corrected chi connectivity index (χ3v) is 4.48. The van der Waals surface area contributed by atoms with Crippen LogP contribution < -0.4 is 16.0 Å². The van der Waals surface area contributed by atoms with Gasteiger partial charge in [-0.3, -0.25) is 9.59 Å². The molecule has 3 rings (SSSR count). The maximum absolute atomic E-state index is 12.6. The number of carbonyl (C=O) groups excluding carboxylic acids is 2. The number of nitrogens with one attached hydrogen (secondary N) is 3. The quantitative estimate of drug-likeness (QED) is 0.786. The molecule has 6 heteroatoms. The number of piperidine rings is 1. The van der Waals surface area contributed by atoms with E-state index >= 15 is 0 Å². The minimum absolute atomic E-state index is 0.0164. The number of amides is 2. The zero-order valence-corrected chi connectivity index (χ0v) is 12.7. The van der Waals surface area contributed by atoms with Crippen molar-refractivity contribution in [3.05, 3.63) is 23.8 Å². The predicted octanol–water partition coefficient (Wildman–Crippen LogP) is 1.28. The van der Waals surface area contributed by atoms with Gasteiger partial charge in [0.15, 0.2) is 0 Å². The topological polar surface area (TPSA) is 79.5 Å². The number of ether oxygens (including phenoxy) is 1. The van der Waals surface area contributed by atoms with E-state index in [4.69, 9.17) is 4.74 Å². The molecule has 0 aliphatic carbocycles. The third-order valence-electron chi connectivity index (χ3n) is 4.48. The van der Waals surface area contributed by atoms with E-state index in [1.807, 2.05) is 18.2 Å². The molecule has 1 aromatic rings.